The number of hydrazone groups is 1. The summed E-state index contributed by atoms with van der Waals surface area (Å²) >= 11 is 0. The number of fused-ring (bicyclic) bond motifs is 1. The van der Waals surface area contributed by atoms with Crippen LogP contribution in [0.1, 0.15) is 56.2 Å². The van der Waals surface area contributed by atoms with Crippen LogP contribution in [0.5, 0.6) is 0 Å². The minimum absolute atomic E-state index is 0.117. The minimum atomic E-state index is -0.527. The fourth-order valence-electron chi connectivity index (χ4n) is 3.89. The van der Waals surface area contributed by atoms with Gasteiger partial charge in [-0.05, 0) is 44.4 Å². The fourth-order valence-corrected chi connectivity index (χ4v) is 3.89. The Labute approximate surface area is 189 Å². The molecule has 0 aliphatic heterocycles. The molecule has 0 unspecified atom stereocenters. The van der Waals surface area contributed by atoms with Crippen LogP contribution < -0.4 is 10.7 Å². The average Bonchev–Trinajstić information content (AvgIpc) is 3.15. The number of non-ortho nitro benzene ring substituents is 1. The maximum atomic E-state index is 12.8. The highest BCUT2D eigenvalue weighted by atomic mass is 16.6. The van der Waals surface area contributed by atoms with E-state index in [4.69, 9.17) is 4.42 Å². The number of nitrogens with one attached hydrogen (secondary N) is 2. The Bertz CT molecular complexity index is 1290. The number of aryl methyl sites for hydroxylation is 2. The van der Waals surface area contributed by atoms with Gasteiger partial charge in [-0.25, -0.2) is 5.43 Å². The molecular weight excluding hydrogens is 424 g/mol. The van der Waals surface area contributed by atoms with Crippen LogP contribution in [0.4, 0.5) is 11.4 Å². The van der Waals surface area contributed by atoms with E-state index in [1.54, 1.807) is 25.1 Å². The molecule has 3 aromatic rings. The molecule has 9 nitrogen and oxygen atoms in total. The monoisotopic (exact) mass is 446 g/mol. The Morgan fingerprint density at radius 3 is 2.61 bits per heavy atom. The summed E-state index contributed by atoms with van der Waals surface area (Å²) in [6, 6.07) is 12.9. The van der Waals surface area contributed by atoms with Crippen molar-refractivity contribution in [2.45, 2.75) is 33.1 Å². The first-order valence-electron chi connectivity index (χ1n) is 10.5. The molecule has 4 rings (SSSR count). The van der Waals surface area contributed by atoms with Crippen molar-refractivity contribution in [3.63, 3.8) is 0 Å². The Kier molecular flexibility index (Phi) is 6.03. The second-order valence-corrected chi connectivity index (χ2v) is 7.78. The molecule has 2 aromatic carbocycles. The van der Waals surface area contributed by atoms with Crippen molar-refractivity contribution in [3.05, 3.63) is 92.4 Å². The lowest BCUT2D eigenvalue weighted by Gasteiger charge is -2.13. The van der Waals surface area contributed by atoms with E-state index in [0.717, 1.165) is 17.5 Å². The normalized spacial score (nSPS) is 13.9. The van der Waals surface area contributed by atoms with Crippen LogP contribution in [0.15, 0.2) is 58.0 Å². The summed E-state index contributed by atoms with van der Waals surface area (Å²) in [6.07, 6.45) is 2.04. The molecular formula is C24H22N4O5. The van der Waals surface area contributed by atoms with Crippen LogP contribution >= 0.6 is 0 Å². The SMILES string of the molecule is Cc1ccccc1C(=O)N/N=C1\CCCc2oc(C(=O)Nc3cccc([N+](=O)[O-])c3)c(C)c21. The van der Waals surface area contributed by atoms with Crippen LogP contribution in [0.2, 0.25) is 0 Å². The summed E-state index contributed by atoms with van der Waals surface area (Å²) in [5.74, 6) is -0.0682. The Hall–Kier alpha value is -4.27. The first-order chi connectivity index (χ1) is 15.8. The zero-order valence-corrected chi connectivity index (χ0v) is 18.2. The van der Waals surface area contributed by atoms with E-state index >= 15 is 0 Å². The summed E-state index contributed by atoms with van der Waals surface area (Å²) in [7, 11) is 0. The fraction of sp³-hybridized carbons (Fsp3) is 0.208. The summed E-state index contributed by atoms with van der Waals surface area (Å²) in [6.45, 7) is 3.61. The molecule has 0 saturated heterocycles. The summed E-state index contributed by atoms with van der Waals surface area (Å²) in [4.78, 5) is 35.8. The smallest absolute Gasteiger partial charge is 0.291 e. The molecule has 2 amide bonds. The number of anilines is 1. The maximum Gasteiger partial charge on any atom is 0.291 e. The largest absolute Gasteiger partial charge is 0.455 e. The molecule has 0 fully saturated rings. The van der Waals surface area contributed by atoms with Crippen LogP contribution in [0, 0.1) is 24.0 Å². The van der Waals surface area contributed by atoms with Gasteiger partial charge in [-0.15, -0.1) is 0 Å². The number of hydrogen-bond donors (Lipinski definition) is 2. The summed E-state index contributed by atoms with van der Waals surface area (Å²) in [5.41, 5.74) is 6.15. The Balaban J connectivity index is 1.57. The van der Waals surface area contributed by atoms with E-state index in [1.165, 1.54) is 18.2 Å². The van der Waals surface area contributed by atoms with Gasteiger partial charge in [0.1, 0.15) is 5.76 Å². The van der Waals surface area contributed by atoms with Crippen LogP contribution in [-0.2, 0) is 6.42 Å². The third-order valence-electron chi connectivity index (χ3n) is 5.53. The van der Waals surface area contributed by atoms with Crippen LogP contribution in [0.3, 0.4) is 0 Å². The number of nitrogens with zero attached hydrogens (tertiary/aromatic N) is 2. The lowest BCUT2D eigenvalue weighted by Crippen LogP contribution is -2.22. The highest BCUT2D eigenvalue weighted by Gasteiger charge is 2.28. The van der Waals surface area contributed by atoms with E-state index in [0.29, 0.717) is 41.1 Å². The van der Waals surface area contributed by atoms with Crippen molar-refractivity contribution < 1.29 is 18.9 Å². The van der Waals surface area contributed by atoms with Gasteiger partial charge < -0.3 is 9.73 Å². The molecule has 0 radical (unpaired) electrons. The molecule has 1 aliphatic rings. The second kappa shape index (κ2) is 9.07. The average molecular weight is 446 g/mol. The number of carbonyl (C=O) groups excluding carboxylic acids is 2. The van der Waals surface area contributed by atoms with Crippen molar-refractivity contribution >= 4 is 28.9 Å². The number of nitro benzene ring substituents is 1. The van der Waals surface area contributed by atoms with Crippen molar-refractivity contribution in [3.8, 4) is 0 Å². The predicted molar refractivity (Wildman–Crippen MR) is 123 cm³/mol. The molecule has 0 saturated carbocycles. The lowest BCUT2D eigenvalue weighted by molar-refractivity contribution is -0.384. The number of nitro groups is 1. The molecule has 1 aliphatic carbocycles. The zero-order chi connectivity index (χ0) is 23.5. The van der Waals surface area contributed by atoms with Crippen molar-refractivity contribution in [2.75, 3.05) is 5.32 Å². The van der Waals surface area contributed by atoms with Gasteiger partial charge in [0, 0.05) is 40.9 Å². The van der Waals surface area contributed by atoms with Crippen LogP contribution in [-0.4, -0.2) is 22.4 Å². The van der Waals surface area contributed by atoms with Gasteiger partial charge in [0.15, 0.2) is 5.76 Å². The van der Waals surface area contributed by atoms with E-state index in [9.17, 15) is 19.7 Å². The molecule has 0 spiro atoms. The number of amides is 2. The molecule has 33 heavy (non-hydrogen) atoms. The summed E-state index contributed by atoms with van der Waals surface area (Å²) < 4.78 is 5.85. The number of hydrogen-bond acceptors (Lipinski definition) is 6. The molecule has 0 bridgehead atoms. The highest BCUT2D eigenvalue weighted by Crippen LogP contribution is 2.30. The van der Waals surface area contributed by atoms with Gasteiger partial charge in [-0.2, -0.15) is 5.10 Å². The second-order valence-electron chi connectivity index (χ2n) is 7.78. The zero-order valence-electron chi connectivity index (χ0n) is 18.2. The van der Waals surface area contributed by atoms with E-state index in [1.807, 2.05) is 19.1 Å². The van der Waals surface area contributed by atoms with E-state index in [2.05, 4.69) is 15.8 Å². The van der Waals surface area contributed by atoms with Gasteiger partial charge >= 0.3 is 0 Å². The minimum Gasteiger partial charge on any atom is -0.455 e. The van der Waals surface area contributed by atoms with E-state index in [-0.39, 0.29) is 17.4 Å². The first kappa shape index (κ1) is 21.9. The predicted octanol–water partition coefficient (Wildman–Crippen LogP) is 4.53. The number of rotatable bonds is 5. The molecule has 2 N–H and O–H groups in total. The highest BCUT2D eigenvalue weighted by molar-refractivity contribution is 6.09. The molecule has 1 aromatic heterocycles. The van der Waals surface area contributed by atoms with Gasteiger partial charge in [0.05, 0.1) is 10.6 Å². The van der Waals surface area contributed by atoms with Crippen molar-refractivity contribution in [2.24, 2.45) is 5.10 Å². The Morgan fingerprint density at radius 1 is 1.06 bits per heavy atom. The third kappa shape index (κ3) is 4.52. The van der Waals surface area contributed by atoms with Crippen LogP contribution in [0.25, 0.3) is 0 Å². The molecule has 1 heterocycles. The van der Waals surface area contributed by atoms with Crippen molar-refractivity contribution in [1.82, 2.24) is 5.43 Å². The summed E-state index contributed by atoms with van der Waals surface area (Å²) in [5, 5.41) is 18.0. The number of benzene rings is 2. The van der Waals surface area contributed by atoms with Gasteiger partial charge in [0.2, 0.25) is 0 Å². The molecule has 0 atom stereocenters. The number of carbonyl (C=O) groups is 2. The van der Waals surface area contributed by atoms with Gasteiger partial charge in [-0.1, -0.05) is 24.3 Å². The maximum absolute atomic E-state index is 12.8. The topological polar surface area (TPSA) is 127 Å². The Morgan fingerprint density at radius 2 is 1.85 bits per heavy atom. The van der Waals surface area contributed by atoms with E-state index < -0.39 is 10.8 Å². The molecule has 9 heteroatoms. The van der Waals surface area contributed by atoms with Gasteiger partial charge in [-0.3, -0.25) is 19.7 Å². The third-order valence-corrected chi connectivity index (χ3v) is 5.53. The number of furan rings is 1. The quantitative estimate of drug-likeness (QED) is 0.440. The lowest BCUT2D eigenvalue weighted by atomic mass is 9.93. The first-order valence-corrected chi connectivity index (χ1v) is 10.5. The van der Waals surface area contributed by atoms with Gasteiger partial charge in [0.25, 0.3) is 17.5 Å². The molecule has 168 valence electrons. The standard InChI is InChI=1S/C24H22N4O5/c1-14-7-3-4-10-18(14)23(29)27-26-19-11-6-12-20-21(19)15(2)22(33-20)24(30)25-16-8-5-9-17(13-16)28(31)32/h3-5,7-10,13H,6,11-12H2,1-2H3,(H,25,30)(H,27,29)/b26-19+. The van der Waals surface area contributed by atoms with Crippen molar-refractivity contribution in [1.29, 1.82) is 0 Å².